The van der Waals surface area contributed by atoms with E-state index in [2.05, 4.69) is 0 Å². The molecule has 1 aromatic heterocycles. The number of rotatable bonds is 2. The summed E-state index contributed by atoms with van der Waals surface area (Å²) in [6.07, 6.45) is 5.97. The van der Waals surface area contributed by atoms with E-state index in [-0.39, 0.29) is 25.0 Å². The quantitative estimate of drug-likeness (QED) is 0.563. The van der Waals surface area contributed by atoms with Crippen LogP contribution in [0.4, 0.5) is 0 Å². The maximum atomic E-state index is 13.6. The van der Waals surface area contributed by atoms with Crippen molar-refractivity contribution < 1.29 is 14.6 Å². The number of carbonyl (C=O) groups is 1. The van der Waals surface area contributed by atoms with Gasteiger partial charge in [-0.2, -0.15) is 0 Å². The molecule has 2 aromatic carbocycles. The van der Waals surface area contributed by atoms with Crippen molar-refractivity contribution in [3.63, 3.8) is 0 Å². The molecule has 34 heavy (non-hydrogen) atoms. The Labute approximate surface area is 202 Å². The Kier molecular flexibility index (Phi) is 5.79. The van der Waals surface area contributed by atoms with Crippen molar-refractivity contribution >= 4 is 17.5 Å². The largest absolute Gasteiger partial charge is 0.502 e. The second-order valence-corrected chi connectivity index (χ2v) is 8.67. The van der Waals surface area contributed by atoms with E-state index in [1.165, 1.54) is 12.3 Å². The Hall–Kier alpha value is -3.71. The average Bonchev–Trinajstić information content (AvgIpc) is 2.87. The SMILES string of the molecule is CC[C@H]1/C=C\COc2c(Cl)cccc2[C@H](c2ccccc2)N2CN1C(=O)c1c(O)c(=O)ccn12. The predicted octanol–water partition coefficient (Wildman–Crippen LogP) is 4.08. The van der Waals surface area contributed by atoms with Crippen molar-refractivity contribution in [3.05, 3.63) is 105 Å². The summed E-state index contributed by atoms with van der Waals surface area (Å²) in [6.45, 7) is 2.50. The molecule has 2 aliphatic rings. The monoisotopic (exact) mass is 477 g/mol. The normalized spacial score (nSPS) is 20.6. The first-order chi connectivity index (χ1) is 16.5. The fourth-order valence-electron chi connectivity index (χ4n) is 4.66. The predicted molar refractivity (Wildman–Crippen MR) is 130 cm³/mol. The van der Waals surface area contributed by atoms with Crippen molar-refractivity contribution in [2.75, 3.05) is 18.3 Å². The molecule has 5 rings (SSSR count). The van der Waals surface area contributed by atoms with E-state index >= 15 is 0 Å². The number of benzene rings is 2. The van der Waals surface area contributed by atoms with Crippen LogP contribution in [0.3, 0.4) is 0 Å². The zero-order chi connectivity index (χ0) is 23.8. The number of carbonyl (C=O) groups excluding carboxylic acids is 1. The van der Waals surface area contributed by atoms with Crippen LogP contribution in [0.1, 0.15) is 41.0 Å². The Balaban J connectivity index is 1.83. The van der Waals surface area contributed by atoms with Gasteiger partial charge < -0.3 is 14.7 Å². The van der Waals surface area contributed by atoms with Gasteiger partial charge in [-0.3, -0.25) is 19.3 Å². The van der Waals surface area contributed by atoms with E-state index in [1.807, 2.05) is 66.5 Å². The van der Waals surface area contributed by atoms with E-state index in [4.69, 9.17) is 16.3 Å². The van der Waals surface area contributed by atoms with E-state index in [9.17, 15) is 14.7 Å². The molecule has 174 valence electrons. The Morgan fingerprint density at radius 3 is 2.65 bits per heavy atom. The summed E-state index contributed by atoms with van der Waals surface area (Å²) < 4.78 is 7.72. The molecule has 1 amide bonds. The molecule has 2 atom stereocenters. The van der Waals surface area contributed by atoms with Crippen molar-refractivity contribution in [2.24, 2.45) is 0 Å². The molecule has 3 heterocycles. The molecule has 1 N–H and O–H groups in total. The van der Waals surface area contributed by atoms with Gasteiger partial charge in [-0.25, -0.2) is 0 Å². The maximum absolute atomic E-state index is 13.6. The fourth-order valence-corrected chi connectivity index (χ4v) is 4.90. The highest BCUT2D eigenvalue weighted by Gasteiger charge is 2.39. The number of ether oxygens (including phenoxy) is 1. The molecule has 0 fully saturated rings. The van der Waals surface area contributed by atoms with Gasteiger partial charge in [0.2, 0.25) is 5.43 Å². The number of hydrogen-bond donors (Lipinski definition) is 1. The minimum Gasteiger partial charge on any atom is -0.502 e. The molecule has 3 aromatic rings. The first-order valence-corrected chi connectivity index (χ1v) is 11.5. The van der Waals surface area contributed by atoms with Crippen molar-refractivity contribution in [3.8, 4) is 11.5 Å². The highest BCUT2D eigenvalue weighted by molar-refractivity contribution is 6.32. The summed E-state index contributed by atoms with van der Waals surface area (Å²) in [4.78, 5) is 27.6. The van der Waals surface area contributed by atoms with Gasteiger partial charge in [-0.15, -0.1) is 0 Å². The molecule has 2 bridgehead atoms. The van der Waals surface area contributed by atoms with Crippen LogP contribution < -0.4 is 15.2 Å². The Bertz CT molecular complexity index is 1320. The van der Waals surface area contributed by atoms with Gasteiger partial charge in [0.25, 0.3) is 5.91 Å². The molecule has 0 saturated heterocycles. The van der Waals surface area contributed by atoms with Crippen LogP contribution in [0.15, 0.2) is 77.7 Å². The van der Waals surface area contributed by atoms with Gasteiger partial charge in [0.05, 0.1) is 11.1 Å². The Morgan fingerprint density at radius 1 is 1.09 bits per heavy atom. The summed E-state index contributed by atoms with van der Waals surface area (Å²) in [6, 6.07) is 16.0. The van der Waals surface area contributed by atoms with Gasteiger partial charge in [0.1, 0.15) is 25.1 Å². The lowest BCUT2D eigenvalue weighted by Gasteiger charge is -2.45. The minimum absolute atomic E-state index is 0.0599. The van der Waals surface area contributed by atoms with E-state index in [1.54, 1.807) is 15.6 Å². The third kappa shape index (κ3) is 3.62. The van der Waals surface area contributed by atoms with Gasteiger partial charge in [0, 0.05) is 17.8 Å². The maximum Gasteiger partial charge on any atom is 0.278 e. The first kappa shape index (κ1) is 22.1. The van der Waals surface area contributed by atoms with E-state index < -0.39 is 23.1 Å². The fraction of sp³-hybridized carbons (Fsp3) is 0.231. The average molecular weight is 478 g/mol. The highest BCUT2D eigenvalue weighted by atomic mass is 35.5. The molecule has 8 heteroatoms. The molecule has 0 saturated carbocycles. The number of aromatic hydroxyl groups is 1. The van der Waals surface area contributed by atoms with Crippen LogP contribution in [0.5, 0.6) is 11.5 Å². The summed E-state index contributed by atoms with van der Waals surface area (Å²) in [5, 5.41) is 13.1. The van der Waals surface area contributed by atoms with Gasteiger partial charge in [-0.1, -0.05) is 67.1 Å². The lowest BCUT2D eigenvalue weighted by Crippen LogP contribution is -2.57. The molecular formula is C26H24ClN3O4. The van der Waals surface area contributed by atoms with Crippen LogP contribution in [-0.2, 0) is 0 Å². The Morgan fingerprint density at radius 2 is 1.88 bits per heavy atom. The number of pyridine rings is 1. The van der Waals surface area contributed by atoms with Gasteiger partial charge in [0.15, 0.2) is 11.4 Å². The molecular weight excluding hydrogens is 454 g/mol. The van der Waals surface area contributed by atoms with E-state index in [0.717, 1.165) is 11.1 Å². The summed E-state index contributed by atoms with van der Waals surface area (Å²) >= 11 is 6.59. The molecule has 0 unspecified atom stereocenters. The standard InChI is InChI=1S/C26H24ClN3O4/c1-2-18-10-7-15-34-25-19(11-6-12-20(25)27)22(17-8-4-3-5-9-17)30-16-28(18)26(33)23-24(32)21(31)13-14-29(23)30/h3-14,18,22,32H,2,15-16H2,1H3/b10-7-/t18-,22-/m0/s1. The van der Waals surface area contributed by atoms with Crippen LogP contribution in [-0.4, -0.2) is 39.9 Å². The third-order valence-corrected chi connectivity index (χ3v) is 6.60. The summed E-state index contributed by atoms with van der Waals surface area (Å²) in [7, 11) is 0. The van der Waals surface area contributed by atoms with Crippen LogP contribution in [0.25, 0.3) is 0 Å². The minimum atomic E-state index is -0.600. The lowest BCUT2D eigenvalue weighted by molar-refractivity contribution is 0.0626. The molecule has 2 aliphatic heterocycles. The smallest absolute Gasteiger partial charge is 0.278 e. The molecule has 0 radical (unpaired) electrons. The van der Waals surface area contributed by atoms with Crippen molar-refractivity contribution in [1.29, 1.82) is 0 Å². The topological polar surface area (TPSA) is 75.0 Å². The van der Waals surface area contributed by atoms with Crippen LogP contribution in [0.2, 0.25) is 5.02 Å². The molecule has 0 aliphatic carbocycles. The second-order valence-electron chi connectivity index (χ2n) is 8.26. The van der Waals surface area contributed by atoms with E-state index in [0.29, 0.717) is 17.2 Å². The highest BCUT2D eigenvalue weighted by Crippen LogP contribution is 2.40. The number of halogens is 1. The number of fused-ring (bicyclic) bond motifs is 5. The zero-order valence-electron chi connectivity index (χ0n) is 18.6. The van der Waals surface area contributed by atoms with Gasteiger partial charge >= 0.3 is 0 Å². The molecule has 7 nitrogen and oxygen atoms in total. The van der Waals surface area contributed by atoms with Crippen molar-refractivity contribution in [1.82, 2.24) is 9.58 Å². The lowest BCUT2D eigenvalue weighted by atomic mass is 9.96. The van der Waals surface area contributed by atoms with Gasteiger partial charge in [-0.05, 0) is 24.1 Å². The number of nitrogens with zero attached hydrogens (tertiary/aromatic N) is 3. The number of amides is 1. The first-order valence-electron chi connectivity index (χ1n) is 11.2. The number of aromatic nitrogens is 1. The molecule has 0 spiro atoms. The van der Waals surface area contributed by atoms with Crippen molar-refractivity contribution in [2.45, 2.75) is 25.4 Å². The summed E-state index contributed by atoms with van der Waals surface area (Å²) in [5.74, 6) is -0.417. The van der Waals surface area contributed by atoms with Crippen LogP contribution >= 0.6 is 11.6 Å². The summed E-state index contributed by atoms with van der Waals surface area (Å²) in [5.41, 5.74) is 1.08. The number of hydrogen-bond acceptors (Lipinski definition) is 5. The zero-order valence-corrected chi connectivity index (χ0v) is 19.4. The second kappa shape index (κ2) is 8.91. The number of para-hydroxylation sites is 1. The van der Waals surface area contributed by atoms with Crippen LogP contribution in [0, 0.1) is 0 Å². The third-order valence-electron chi connectivity index (χ3n) is 6.30.